The number of hydrogen-bond donors (Lipinski definition) is 1. The van der Waals surface area contributed by atoms with Gasteiger partial charge >= 0.3 is 0 Å². The van der Waals surface area contributed by atoms with Crippen molar-refractivity contribution in [3.05, 3.63) is 17.6 Å². The van der Waals surface area contributed by atoms with Crippen LogP contribution in [-0.4, -0.2) is 23.9 Å². The highest BCUT2D eigenvalue weighted by Gasteiger charge is 2.29. The molecular formula is C12H18N2O2. The van der Waals surface area contributed by atoms with E-state index in [4.69, 9.17) is 10.2 Å². The molecule has 2 rings (SSSR count). The standard InChI is InChI=1S/C12H18N2O2/c1-12(2,3)9-7-8(13)10(16-9)11(15)14-5-4-6-14/h7H,4-6,13H2,1-3H3. The van der Waals surface area contributed by atoms with Crippen LogP contribution in [0.3, 0.4) is 0 Å². The first-order valence-electron chi connectivity index (χ1n) is 5.58. The van der Waals surface area contributed by atoms with E-state index in [1.165, 1.54) is 0 Å². The molecule has 88 valence electrons. The van der Waals surface area contributed by atoms with E-state index >= 15 is 0 Å². The first kappa shape index (κ1) is 11.0. The second-order valence-electron chi connectivity index (χ2n) is 5.29. The Balaban J connectivity index is 2.27. The summed E-state index contributed by atoms with van der Waals surface area (Å²) in [6.45, 7) is 7.71. The molecule has 1 saturated heterocycles. The number of likely N-dealkylation sites (tertiary alicyclic amines) is 1. The van der Waals surface area contributed by atoms with E-state index in [1.807, 2.05) is 20.8 Å². The van der Waals surface area contributed by atoms with Crippen molar-refractivity contribution in [3.63, 3.8) is 0 Å². The highest BCUT2D eigenvalue weighted by Crippen LogP contribution is 2.30. The fourth-order valence-electron chi connectivity index (χ4n) is 1.60. The van der Waals surface area contributed by atoms with Crippen molar-refractivity contribution in [1.29, 1.82) is 0 Å². The third kappa shape index (κ3) is 1.79. The molecule has 0 spiro atoms. The van der Waals surface area contributed by atoms with Gasteiger partial charge < -0.3 is 15.1 Å². The van der Waals surface area contributed by atoms with Crippen LogP contribution >= 0.6 is 0 Å². The number of carbonyl (C=O) groups is 1. The Bertz CT molecular complexity index is 411. The van der Waals surface area contributed by atoms with Crippen LogP contribution in [-0.2, 0) is 5.41 Å². The van der Waals surface area contributed by atoms with Gasteiger partial charge in [-0.15, -0.1) is 0 Å². The summed E-state index contributed by atoms with van der Waals surface area (Å²) in [5.74, 6) is 0.970. The number of nitrogens with two attached hydrogens (primary N) is 1. The summed E-state index contributed by atoms with van der Waals surface area (Å²) < 4.78 is 5.58. The van der Waals surface area contributed by atoms with E-state index in [0.29, 0.717) is 11.4 Å². The third-order valence-corrected chi connectivity index (χ3v) is 2.84. The molecule has 0 bridgehead atoms. The van der Waals surface area contributed by atoms with E-state index in [2.05, 4.69) is 0 Å². The molecule has 4 nitrogen and oxygen atoms in total. The monoisotopic (exact) mass is 222 g/mol. The molecule has 1 aromatic rings. The van der Waals surface area contributed by atoms with Gasteiger partial charge in [0.1, 0.15) is 5.76 Å². The summed E-state index contributed by atoms with van der Waals surface area (Å²) in [7, 11) is 0. The predicted molar refractivity (Wildman–Crippen MR) is 62.3 cm³/mol. The quantitative estimate of drug-likeness (QED) is 0.790. The molecule has 0 unspecified atom stereocenters. The SMILES string of the molecule is CC(C)(C)c1cc(N)c(C(=O)N2CCC2)o1. The molecule has 0 saturated carbocycles. The minimum atomic E-state index is -0.123. The number of carbonyl (C=O) groups excluding carboxylic acids is 1. The van der Waals surface area contributed by atoms with Crippen molar-refractivity contribution < 1.29 is 9.21 Å². The largest absolute Gasteiger partial charge is 0.453 e. The maximum Gasteiger partial charge on any atom is 0.291 e. The molecule has 0 aliphatic carbocycles. The van der Waals surface area contributed by atoms with Crippen molar-refractivity contribution in [3.8, 4) is 0 Å². The summed E-state index contributed by atoms with van der Waals surface area (Å²) in [6, 6.07) is 1.76. The number of nitrogen functional groups attached to an aromatic ring is 1. The van der Waals surface area contributed by atoms with Crippen LogP contribution in [0.1, 0.15) is 43.5 Å². The number of rotatable bonds is 1. The fourth-order valence-corrected chi connectivity index (χ4v) is 1.60. The van der Waals surface area contributed by atoms with E-state index in [0.717, 1.165) is 25.3 Å². The third-order valence-electron chi connectivity index (χ3n) is 2.84. The summed E-state index contributed by atoms with van der Waals surface area (Å²) in [5, 5.41) is 0. The van der Waals surface area contributed by atoms with Crippen LogP contribution in [0.4, 0.5) is 5.69 Å². The van der Waals surface area contributed by atoms with Crippen LogP contribution < -0.4 is 5.73 Å². The van der Waals surface area contributed by atoms with E-state index in [-0.39, 0.29) is 11.3 Å². The maximum atomic E-state index is 11.9. The minimum absolute atomic E-state index is 0.0840. The zero-order valence-corrected chi connectivity index (χ0v) is 10.0. The number of anilines is 1. The van der Waals surface area contributed by atoms with Crippen LogP contribution in [0, 0.1) is 0 Å². The molecule has 0 atom stereocenters. The maximum absolute atomic E-state index is 11.9. The van der Waals surface area contributed by atoms with E-state index < -0.39 is 0 Å². The summed E-state index contributed by atoms with van der Waals surface area (Å²) in [4.78, 5) is 13.7. The average Bonchev–Trinajstić information content (AvgIpc) is 2.42. The Morgan fingerprint density at radius 1 is 1.44 bits per heavy atom. The van der Waals surface area contributed by atoms with Crippen molar-refractivity contribution in [1.82, 2.24) is 4.90 Å². The van der Waals surface area contributed by atoms with Crippen LogP contribution in [0.25, 0.3) is 0 Å². The highest BCUT2D eigenvalue weighted by atomic mass is 16.4. The molecule has 1 aliphatic rings. The lowest BCUT2D eigenvalue weighted by atomic mass is 9.93. The fraction of sp³-hybridized carbons (Fsp3) is 0.583. The van der Waals surface area contributed by atoms with Crippen molar-refractivity contribution in [2.24, 2.45) is 0 Å². The Labute approximate surface area is 95.4 Å². The first-order valence-corrected chi connectivity index (χ1v) is 5.58. The van der Waals surface area contributed by atoms with Gasteiger partial charge in [0.2, 0.25) is 5.76 Å². The molecule has 1 fully saturated rings. The van der Waals surface area contributed by atoms with Gasteiger partial charge in [-0.3, -0.25) is 4.79 Å². The Hall–Kier alpha value is -1.45. The number of nitrogens with zero attached hydrogens (tertiary/aromatic N) is 1. The van der Waals surface area contributed by atoms with Crippen molar-refractivity contribution >= 4 is 11.6 Å². The van der Waals surface area contributed by atoms with Crippen LogP contribution in [0.15, 0.2) is 10.5 Å². The van der Waals surface area contributed by atoms with Gasteiger partial charge in [-0.25, -0.2) is 0 Å². The summed E-state index contributed by atoms with van der Waals surface area (Å²) >= 11 is 0. The van der Waals surface area contributed by atoms with Gasteiger partial charge in [0.05, 0.1) is 5.69 Å². The Morgan fingerprint density at radius 2 is 2.06 bits per heavy atom. The molecule has 2 N–H and O–H groups in total. The molecule has 1 aliphatic heterocycles. The second kappa shape index (κ2) is 3.54. The zero-order valence-electron chi connectivity index (χ0n) is 10.0. The molecule has 1 aromatic heterocycles. The predicted octanol–water partition coefficient (Wildman–Crippen LogP) is 2.01. The van der Waals surface area contributed by atoms with Gasteiger partial charge in [0.25, 0.3) is 5.91 Å². The Kier molecular flexibility index (Phi) is 2.45. The lowest BCUT2D eigenvalue weighted by Gasteiger charge is -2.30. The summed E-state index contributed by atoms with van der Waals surface area (Å²) in [6.07, 6.45) is 1.07. The van der Waals surface area contributed by atoms with E-state index in [1.54, 1.807) is 11.0 Å². The van der Waals surface area contributed by atoms with Gasteiger partial charge in [-0.2, -0.15) is 0 Å². The molecular weight excluding hydrogens is 204 g/mol. The molecule has 4 heteroatoms. The Morgan fingerprint density at radius 3 is 2.44 bits per heavy atom. The molecule has 2 heterocycles. The normalized spacial score (nSPS) is 16.1. The topological polar surface area (TPSA) is 59.5 Å². The molecule has 1 amide bonds. The number of amides is 1. The second-order valence-corrected chi connectivity index (χ2v) is 5.29. The van der Waals surface area contributed by atoms with Crippen molar-refractivity contribution in [2.75, 3.05) is 18.8 Å². The highest BCUT2D eigenvalue weighted by molar-refractivity contribution is 5.96. The van der Waals surface area contributed by atoms with Gasteiger partial charge in [0, 0.05) is 24.6 Å². The van der Waals surface area contributed by atoms with Crippen LogP contribution in [0.5, 0.6) is 0 Å². The summed E-state index contributed by atoms with van der Waals surface area (Å²) in [5.41, 5.74) is 6.14. The van der Waals surface area contributed by atoms with Crippen LogP contribution in [0.2, 0.25) is 0 Å². The van der Waals surface area contributed by atoms with Crippen molar-refractivity contribution in [2.45, 2.75) is 32.6 Å². The molecule has 16 heavy (non-hydrogen) atoms. The molecule has 0 radical (unpaired) electrons. The minimum Gasteiger partial charge on any atom is -0.453 e. The number of furan rings is 1. The zero-order chi connectivity index (χ0) is 11.9. The molecule has 0 aromatic carbocycles. The smallest absolute Gasteiger partial charge is 0.291 e. The van der Waals surface area contributed by atoms with E-state index in [9.17, 15) is 4.79 Å². The number of hydrogen-bond acceptors (Lipinski definition) is 3. The lowest BCUT2D eigenvalue weighted by Crippen LogP contribution is -2.42. The van der Waals surface area contributed by atoms with Gasteiger partial charge in [-0.1, -0.05) is 20.8 Å². The average molecular weight is 222 g/mol. The first-order chi connectivity index (χ1) is 7.39. The lowest BCUT2D eigenvalue weighted by molar-refractivity contribution is 0.0617. The van der Waals surface area contributed by atoms with Gasteiger partial charge in [-0.05, 0) is 6.42 Å². The van der Waals surface area contributed by atoms with Gasteiger partial charge in [0.15, 0.2) is 0 Å².